The van der Waals surface area contributed by atoms with E-state index in [1.165, 1.54) is 18.2 Å². The maximum absolute atomic E-state index is 13.6. The van der Waals surface area contributed by atoms with E-state index in [4.69, 9.17) is 0 Å². The summed E-state index contributed by atoms with van der Waals surface area (Å²) in [5, 5.41) is 9.90. The molecule has 0 spiro atoms. The van der Waals surface area contributed by atoms with Crippen LogP contribution in [0.3, 0.4) is 0 Å². The summed E-state index contributed by atoms with van der Waals surface area (Å²) in [5.74, 6) is -0.394. The number of nitrogens with zero attached hydrogens (tertiary/aromatic N) is 1. The molecule has 0 aliphatic carbocycles. The SMILES string of the molecule is CN=C(NCCNC(=O)c1ccc(C)c(F)c1)NCCc1c[nH]c2ccc(F)cc12.I. The number of H-pyrrole nitrogens is 1. The molecule has 3 aromatic rings. The quantitative estimate of drug-likeness (QED) is 0.160. The number of aromatic amines is 1. The maximum atomic E-state index is 13.6. The minimum atomic E-state index is -0.400. The predicted molar refractivity (Wildman–Crippen MR) is 130 cm³/mol. The van der Waals surface area contributed by atoms with E-state index in [9.17, 15) is 13.6 Å². The minimum Gasteiger partial charge on any atom is -0.361 e. The largest absolute Gasteiger partial charge is 0.361 e. The van der Waals surface area contributed by atoms with E-state index in [2.05, 4.69) is 25.9 Å². The Morgan fingerprint density at radius 3 is 2.52 bits per heavy atom. The van der Waals surface area contributed by atoms with Gasteiger partial charge in [0.05, 0.1) is 0 Å². The molecule has 0 bridgehead atoms. The zero-order valence-electron chi connectivity index (χ0n) is 17.4. The number of fused-ring (bicyclic) bond motifs is 1. The summed E-state index contributed by atoms with van der Waals surface area (Å²) in [6.45, 7) is 3.07. The van der Waals surface area contributed by atoms with Crippen molar-refractivity contribution >= 4 is 46.7 Å². The summed E-state index contributed by atoms with van der Waals surface area (Å²) in [6, 6.07) is 9.09. The van der Waals surface area contributed by atoms with Gasteiger partial charge in [-0.1, -0.05) is 6.07 Å². The first-order valence-electron chi connectivity index (χ1n) is 9.72. The second-order valence-electron chi connectivity index (χ2n) is 6.90. The average molecular weight is 541 g/mol. The number of carbonyl (C=O) groups is 1. The van der Waals surface area contributed by atoms with Crippen molar-refractivity contribution in [2.24, 2.45) is 4.99 Å². The normalized spacial score (nSPS) is 11.2. The van der Waals surface area contributed by atoms with Gasteiger partial charge in [0, 0.05) is 49.3 Å². The number of hydrogen-bond donors (Lipinski definition) is 4. The lowest BCUT2D eigenvalue weighted by Crippen LogP contribution is -2.42. The lowest BCUT2D eigenvalue weighted by Gasteiger charge is -2.12. The van der Waals surface area contributed by atoms with Crippen molar-refractivity contribution in [2.45, 2.75) is 13.3 Å². The highest BCUT2D eigenvalue weighted by molar-refractivity contribution is 14.0. The first kappa shape index (κ1) is 24.6. The minimum absolute atomic E-state index is 0. The number of aryl methyl sites for hydroxylation is 1. The molecule has 6 nitrogen and oxygen atoms in total. The summed E-state index contributed by atoms with van der Waals surface area (Å²) in [4.78, 5) is 19.4. The molecule has 9 heteroatoms. The van der Waals surface area contributed by atoms with Crippen molar-refractivity contribution in [1.29, 1.82) is 0 Å². The second kappa shape index (κ2) is 11.6. The zero-order valence-corrected chi connectivity index (χ0v) is 19.7. The molecule has 3 rings (SSSR count). The molecule has 0 unspecified atom stereocenters. The highest BCUT2D eigenvalue weighted by Crippen LogP contribution is 2.19. The van der Waals surface area contributed by atoms with Crippen molar-refractivity contribution in [1.82, 2.24) is 20.9 Å². The van der Waals surface area contributed by atoms with Gasteiger partial charge in [0.15, 0.2) is 5.96 Å². The highest BCUT2D eigenvalue weighted by atomic mass is 127. The number of carbonyl (C=O) groups excluding carboxylic acids is 1. The number of benzene rings is 2. The lowest BCUT2D eigenvalue weighted by molar-refractivity contribution is 0.0954. The van der Waals surface area contributed by atoms with Gasteiger partial charge >= 0.3 is 0 Å². The summed E-state index contributed by atoms with van der Waals surface area (Å²) < 4.78 is 27.0. The molecule has 0 aliphatic rings. The van der Waals surface area contributed by atoms with Crippen LogP contribution in [0.25, 0.3) is 10.9 Å². The molecule has 31 heavy (non-hydrogen) atoms. The molecule has 1 heterocycles. The standard InChI is InChI=1S/C22H25F2N5O.HI/c1-14-3-4-15(11-19(14)24)21(30)26-9-10-28-22(25-2)27-8-7-16-13-29-20-6-5-17(23)12-18(16)20;/h3-6,11-13,29H,7-10H2,1-2H3,(H,26,30)(H2,25,27,28);1H. The molecule has 4 N–H and O–H groups in total. The van der Waals surface area contributed by atoms with Gasteiger partial charge in [-0.25, -0.2) is 8.78 Å². The lowest BCUT2D eigenvalue weighted by atomic mass is 10.1. The Morgan fingerprint density at radius 2 is 1.77 bits per heavy atom. The van der Waals surface area contributed by atoms with Crippen molar-refractivity contribution in [3.05, 3.63) is 70.9 Å². The van der Waals surface area contributed by atoms with Crippen molar-refractivity contribution in [2.75, 3.05) is 26.7 Å². The van der Waals surface area contributed by atoms with E-state index in [0.717, 1.165) is 16.5 Å². The molecule has 0 saturated heterocycles. The Hall–Kier alpha value is -2.69. The summed E-state index contributed by atoms with van der Waals surface area (Å²) in [6.07, 6.45) is 2.57. The van der Waals surface area contributed by atoms with Gasteiger partial charge in [-0.3, -0.25) is 9.79 Å². The van der Waals surface area contributed by atoms with Gasteiger partial charge in [0.2, 0.25) is 0 Å². The number of halogens is 3. The van der Waals surface area contributed by atoms with Crippen LogP contribution >= 0.6 is 24.0 Å². The van der Waals surface area contributed by atoms with Crippen molar-refractivity contribution in [3.8, 4) is 0 Å². The molecule has 2 aromatic carbocycles. The number of hydrogen-bond acceptors (Lipinski definition) is 2. The van der Waals surface area contributed by atoms with E-state index < -0.39 is 5.82 Å². The molecule has 1 amide bonds. The third-order valence-corrected chi connectivity index (χ3v) is 4.78. The van der Waals surface area contributed by atoms with Crippen LogP contribution in [0.5, 0.6) is 0 Å². The van der Waals surface area contributed by atoms with Crippen LogP contribution in [0, 0.1) is 18.6 Å². The van der Waals surface area contributed by atoms with Gasteiger partial charge < -0.3 is 20.9 Å². The van der Waals surface area contributed by atoms with E-state index in [1.54, 1.807) is 32.2 Å². The van der Waals surface area contributed by atoms with Crippen LogP contribution in [-0.4, -0.2) is 43.5 Å². The fourth-order valence-corrected chi connectivity index (χ4v) is 3.09. The Morgan fingerprint density at radius 1 is 1.03 bits per heavy atom. The fraction of sp³-hybridized carbons (Fsp3) is 0.273. The number of rotatable bonds is 7. The monoisotopic (exact) mass is 541 g/mol. The van der Waals surface area contributed by atoms with E-state index in [-0.39, 0.29) is 41.3 Å². The third-order valence-electron chi connectivity index (χ3n) is 4.78. The first-order valence-corrected chi connectivity index (χ1v) is 9.72. The van der Waals surface area contributed by atoms with Crippen LogP contribution in [-0.2, 0) is 6.42 Å². The summed E-state index contributed by atoms with van der Waals surface area (Å²) >= 11 is 0. The van der Waals surface area contributed by atoms with Gasteiger partial charge in [-0.05, 0) is 54.8 Å². The molecule has 166 valence electrons. The Bertz CT molecular complexity index is 1070. The van der Waals surface area contributed by atoms with E-state index >= 15 is 0 Å². The number of aliphatic imine (C=N–C) groups is 1. The van der Waals surface area contributed by atoms with Gasteiger partial charge in [0.1, 0.15) is 11.6 Å². The highest BCUT2D eigenvalue weighted by Gasteiger charge is 2.08. The molecule has 0 aliphatic heterocycles. The fourth-order valence-electron chi connectivity index (χ4n) is 3.09. The topological polar surface area (TPSA) is 81.3 Å². The average Bonchev–Trinajstić information content (AvgIpc) is 3.13. The van der Waals surface area contributed by atoms with Crippen LogP contribution in [0.2, 0.25) is 0 Å². The smallest absolute Gasteiger partial charge is 0.251 e. The summed E-state index contributed by atoms with van der Waals surface area (Å²) in [7, 11) is 1.66. The Kier molecular flexibility index (Phi) is 9.22. The molecule has 0 fully saturated rings. The van der Waals surface area contributed by atoms with E-state index in [0.29, 0.717) is 37.6 Å². The van der Waals surface area contributed by atoms with Gasteiger partial charge in [-0.15, -0.1) is 24.0 Å². The number of nitrogens with one attached hydrogen (secondary N) is 4. The van der Waals surface area contributed by atoms with E-state index in [1.807, 2.05) is 6.20 Å². The number of aromatic nitrogens is 1. The number of guanidine groups is 1. The first-order chi connectivity index (χ1) is 14.5. The molecule has 1 aromatic heterocycles. The van der Waals surface area contributed by atoms with Gasteiger partial charge in [-0.2, -0.15) is 0 Å². The molecular formula is C22H26F2IN5O. The Labute approximate surface area is 196 Å². The maximum Gasteiger partial charge on any atom is 0.251 e. The molecule has 0 saturated carbocycles. The van der Waals surface area contributed by atoms with Crippen LogP contribution in [0.1, 0.15) is 21.5 Å². The van der Waals surface area contributed by atoms with Gasteiger partial charge in [0.25, 0.3) is 5.91 Å². The van der Waals surface area contributed by atoms with Crippen LogP contribution in [0.4, 0.5) is 8.78 Å². The van der Waals surface area contributed by atoms with Crippen LogP contribution in [0.15, 0.2) is 47.6 Å². The van der Waals surface area contributed by atoms with Crippen molar-refractivity contribution < 1.29 is 13.6 Å². The van der Waals surface area contributed by atoms with Crippen molar-refractivity contribution in [3.63, 3.8) is 0 Å². The number of amides is 1. The zero-order chi connectivity index (χ0) is 21.5. The molecule has 0 radical (unpaired) electrons. The Balaban J connectivity index is 0.00000341. The molecular weight excluding hydrogens is 515 g/mol. The second-order valence-corrected chi connectivity index (χ2v) is 6.90. The summed E-state index contributed by atoms with van der Waals surface area (Å²) in [5.41, 5.74) is 2.71. The predicted octanol–water partition coefficient (Wildman–Crippen LogP) is 3.51. The third kappa shape index (κ3) is 6.65. The van der Waals surface area contributed by atoms with Crippen LogP contribution < -0.4 is 16.0 Å². The molecule has 0 atom stereocenters.